The van der Waals surface area contributed by atoms with Crippen molar-refractivity contribution in [2.75, 3.05) is 6.61 Å². The lowest BCUT2D eigenvalue weighted by atomic mass is 9.44. The topological polar surface area (TPSA) is 89.9 Å². The molecule has 0 aromatic heterocycles. The number of rotatable bonds is 4. The molecule has 37 heavy (non-hydrogen) atoms. The second kappa shape index (κ2) is 8.46. The highest BCUT2D eigenvalue weighted by Gasteiger charge is 2.78. The number of aliphatic hydroxyl groups excluding tert-OH is 1. The van der Waals surface area contributed by atoms with Gasteiger partial charge in [0, 0.05) is 29.3 Å². The van der Waals surface area contributed by atoms with Crippen LogP contribution in [0.5, 0.6) is 0 Å². The van der Waals surface area contributed by atoms with E-state index >= 15 is 8.78 Å². The molecule has 0 spiro atoms. The summed E-state index contributed by atoms with van der Waals surface area (Å²) >= 11 is 4.21. The first-order chi connectivity index (χ1) is 17.2. The predicted octanol–water partition coefficient (Wildman–Crippen LogP) is 4.25. The number of carbonyl (C=O) groups is 3. The number of esters is 1. The predicted molar refractivity (Wildman–Crippen MR) is 134 cm³/mol. The second-order valence-electron chi connectivity index (χ2n) is 12.2. The van der Waals surface area contributed by atoms with Crippen LogP contribution in [0.3, 0.4) is 0 Å². The van der Waals surface area contributed by atoms with Crippen molar-refractivity contribution < 1.29 is 37.7 Å². The average Bonchev–Trinajstić information content (AvgIpc) is 3.41. The summed E-state index contributed by atoms with van der Waals surface area (Å²) in [5.74, 6) is -3.16. The molecule has 0 bridgehead atoms. The van der Waals surface area contributed by atoms with E-state index in [1.807, 2.05) is 6.92 Å². The first-order valence-corrected chi connectivity index (χ1v) is 13.8. The number of halogens is 2. The molecule has 9 heteroatoms. The fourth-order valence-corrected chi connectivity index (χ4v) is 9.28. The van der Waals surface area contributed by atoms with Gasteiger partial charge in [0.25, 0.3) is 0 Å². The maximum atomic E-state index is 17.4. The third kappa shape index (κ3) is 3.19. The van der Waals surface area contributed by atoms with Gasteiger partial charge >= 0.3 is 5.97 Å². The Morgan fingerprint density at radius 1 is 1.27 bits per heavy atom. The SMILES string of the molecule is CCC1(C(=O)OC2(C(=O)S)C(C)C[C@H]3[C@@H]4CC(F)C5=CC(=O)C=C[C@]5(C)C4(F)C(O)C[C@@]32C)CCCO1. The third-order valence-electron chi connectivity index (χ3n) is 10.8. The van der Waals surface area contributed by atoms with E-state index in [4.69, 9.17) is 9.47 Å². The molecular weight excluding hydrogens is 502 g/mol. The van der Waals surface area contributed by atoms with Crippen LogP contribution in [-0.4, -0.2) is 57.7 Å². The molecule has 4 fully saturated rings. The van der Waals surface area contributed by atoms with E-state index in [-0.39, 0.29) is 18.4 Å². The van der Waals surface area contributed by atoms with Crippen molar-refractivity contribution in [1.29, 1.82) is 0 Å². The van der Waals surface area contributed by atoms with E-state index in [9.17, 15) is 19.5 Å². The number of fused-ring (bicyclic) bond motifs is 5. The molecule has 0 radical (unpaired) electrons. The fourth-order valence-electron chi connectivity index (χ4n) is 8.76. The summed E-state index contributed by atoms with van der Waals surface area (Å²) < 4.78 is 45.0. The maximum absolute atomic E-state index is 17.4. The minimum Gasteiger partial charge on any atom is -0.447 e. The zero-order chi connectivity index (χ0) is 27.2. The number of ether oxygens (including phenoxy) is 2. The van der Waals surface area contributed by atoms with Crippen LogP contribution in [-0.2, 0) is 23.9 Å². The summed E-state index contributed by atoms with van der Waals surface area (Å²) in [6.07, 6.45) is 1.97. The summed E-state index contributed by atoms with van der Waals surface area (Å²) in [6.45, 7) is 7.27. The summed E-state index contributed by atoms with van der Waals surface area (Å²) in [5, 5.41) is 10.9. The summed E-state index contributed by atoms with van der Waals surface area (Å²) in [6, 6.07) is 0. The smallest absolute Gasteiger partial charge is 0.339 e. The molecule has 5 aliphatic rings. The molecule has 1 N–H and O–H groups in total. The number of carbonyl (C=O) groups excluding carboxylic acids is 3. The zero-order valence-electron chi connectivity index (χ0n) is 21.8. The highest BCUT2D eigenvalue weighted by Crippen LogP contribution is 2.72. The third-order valence-corrected chi connectivity index (χ3v) is 11.1. The molecule has 1 aliphatic heterocycles. The van der Waals surface area contributed by atoms with Gasteiger partial charge in [0.05, 0.1) is 6.10 Å². The first-order valence-electron chi connectivity index (χ1n) is 13.3. The van der Waals surface area contributed by atoms with Crippen molar-refractivity contribution >= 4 is 29.5 Å². The average molecular weight is 539 g/mol. The number of hydrogen-bond donors (Lipinski definition) is 2. The molecule has 3 saturated carbocycles. The van der Waals surface area contributed by atoms with Crippen molar-refractivity contribution in [3.05, 3.63) is 23.8 Å². The zero-order valence-corrected chi connectivity index (χ0v) is 22.7. The van der Waals surface area contributed by atoms with Crippen LogP contribution in [0.2, 0.25) is 0 Å². The Balaban J connectivity index is 1.60. The molecule has 6 nitrogen and oxygen atoms in total. The maximum Gasteiger partial charge on any atom is 0.339 e. The van der Waals surface area contributed by atoms with Gasteiger partial charge < -0.3 is 14.6 Å². The molecule has 204 valence electrons. The molecule has 1 saturated heterocycles. The number of alkyl halides is 2. The Labute approximate surface area is 221 Å². The Morgan fingerprint density at radius 3 is 2.57 bits per heavy atom. The van der Waals surface area contributed by atoms with Crippen LogP contribution < -0.4 is 0 Å². The standard InChI is InChI=1S/C28H36F2O6S/c1-5-26(8-6-10-35-26)22(33)36-28(23(34)37)15(2)11-17-18-13-20(29)19-12-16(31)7-9-24(19,3)27(18,30)21(32)14-25(17,28)4/h7,9,12,15,17-18,20-21,32H,5-6,8,10-11,13-14H2,1-4H3,(H,34,37)/t15?,17-,18-,20?,21?,24-,25-,26?,27?,28?/m0/s1. The Hall–Kier alpha value is -1.58. The van der Waals surface area contributed by atoms with E-state index in [1.54, 1.807) is 13.8 Å². The van der Waals surface area contributed by atoms with Gasteiger partial charge in [-0.3, -0.25) is 9.59 Å². The lowest BCUT2D eigenvalue weighted by molar-refractivity contribution is -0.234. The number of thiol groups is 1. The lowest BCUT2D eigenvalue weighted by Crippen LogP contribution is -2.71. The minimum atomic E-state index is -2.28. The van der Waals surface area contributed by atoms with Crippen LogP contribution in [0.25, 0.3) is 0 Å². The monoisotopic (exact) mass is 538 g/mol. The van der Waals surface area contributed by atoms with Crippen LogP contribution in [0.4, 0.5) is 8.78 Å². The number of ketones is 1. The molecular formula is C28H36F2O6S. The van der Waals surface area contributed by atoms with Crippen molar-refractivity contribution in [2.45, 2.75) is 95.4 Å². The number of allylic oxidation sites excluding steroid dienone is 4. The molecule has 4 aliphatic carbocycles. The summed E-state index contributed by atoms with van der Waals surface area (Å²) in [5.41, 5.74) is -7.86. The normalized spacial score (nSPS) is 50.6. The van der Waals surface area contributed by atoms with Crippen molar-refractivity contribution in [3.63, 3.8) is 0 Å². The van der Waals surface area contributed by atoms with Gasteiger partial charge in [-0.05, 0) is 69.1 Å². The van der Waals surface area contributed by atoms with Gasteiger partial charge in [-0.2, -0.15) is 0 Å². The van der Waals surface area contributed by atoms with Gasteiger partial charge in [-0.15, -0.1) is 12.6 Å². The van der Waals surface area contributed by atoms with Gasteiger partial charge in [0.2, 0.25) is 5.12 Å². The van der Waals surface area contributed by atoms with Gasteiger partial charge in [0.1, 0.15) is 6.17 Å². The Bertz CT molecular complexity index is 1100. The molecule has 0 aromatic carbocycles. The lowest BCUT2D eigenvalue weighted by Gasteiger charge is -2.63. The fraction of sp³-hybridized carbons (Fsp3) is 0.750. The van der Waals surface area contributed by atoms with Crippen LogP contribution >= 0.6 is 12.6 Å². The van der Waals surface area contributed by atoms with E-state index in [0.29, 0.717) is 32.3 Å². The second-order valence-corrected chi connectivity index (χ2v) is 12.6. The van der Waals surface area contributed by atoms with E-state index < -0.39 is 74.6 Å². The van der Waals surface area contributed by atoms with E-state index in [2.05, 4.69) is 12.6 Å². The van der Waals surface area contributed by atoms with Gasteiger partial charge in [-0.25, -0.2) is 13.6 Å². The molecule has 0 amide bonds. The Kier molecular flexibility index (Phi) is 6.17. The molecule has 1 heterocycles. The van der Waals surface area contributed by atoms with Crippen molar-refractivity contribution in [2.24, 2.45) is 28.6 Å². The van der Waals surface area contributed by atoms with Crippen LogP contribution in [0, 0.1) is 28.6 Å². The highest BCUT2D eigenvalue weighted by atomic mass is 32.1. The molecule has 0 aromatic rings. The van der Waals surface area contributed by atoms with Crippen LogP contribution in [0.15, 0.2) is 23.8 Å². The van der Waals surface area contributed by atoms with Crippen LogP contribution in [0.1, 0.15) is 66.2 Å². The largest absolute Gasteiger partial charge is 0.447 e. The number of aliphatic hydroxyl groups is 1. The Morgan fingerprint density at radius 2 is 1.97 bits per heavy atom. The highest BCUT2D eigenvalue weighted by molar-refractivity contribution is 7.96. The first kappa shape index (κ1) is 27.0. The van der Waals surface area contributed by atoms with Gasteiger partial charge in [-0.1, -0.05) is 26.8 Å². The number of hydrogen-bond acceptors (Lipinski definition) is 6. The van der Waals surface area contributed by atoms with Crippen molar-refractivity contribution in [1.82, 2.24) is 0 Å². The van der Waals surface area contributed by atoms with E-state index in [0.717, 1.165) is 6.08 Å². The molecule has 10 atom stereocenters. The van der Waals surface area contributed by atoms with Crippen molar-refractivity contribution in [3.8, 4) is 0 Å². The molecule has 6 unspecified atom stereocenters. The summed E-state index contributed by atoms with van der Waals surface area (Å²) in [4.78, 5) is 39.0. The minimum absolute atomic E-state index is 0.0404. The summed E-state index contributed by atoms with van der Waals surface area (Å²) in [7, 11) is 0. The quantitative estimate of drug-likeness (QED) is 0.411. The molecule has 5 rings (SSSR count). The van der Waals surface area contributed by atoms with E-state index in [1.165, 1.54) is 19.1 Å². The van der Waals surface area contributed by atoms with Gasteiger partial charge in [0.15, 0.2) is 22.7 Å².